The normalized spacial score (nSPS) is 15.7. The SMILES string of the molecule is COC(=O)c1c(NC(=O)c2cc(Cl)ccc2[N+](=O)[O-])sc2c1CCC(C)C2. The molecule has 7 nitrogen and oxygen atoms in total. The number of carbonyl (C=O) groups is 2. The van der Waals surface area contributed by atoms with Crippen molar-refractivity contribution in [3.63, 3.8) is 0 Å². The third-order valence-corrected chi connectivity index (χ3v) is 5.93. The zero-order valence-corrected chi connectivity index (χ0v) is 16.3. The molecule has 1 unspecified atom stereocenters. The van der Waals surface area contributed by atoms with Crippen molar-refractivity contribution >= 4 is 45.5 Å². The van der Waals surface area contributed by atoms with Crippen LogP contribution in [0.3, 0.4) is 0 Å². The Bertz CT molecular complexity index is 940. The zero-order valence-electron chi connectivity index (χ0n) is 14.7. The van der Waals surface area contributed by atoms with E-state index in [1.807, 2.05) is 0 Å². The Labute approximate surface area is 164 Å². The van der Waals surface area contributed by atoms with Gasteiger partial charge in [0.05, 0.1) is 17.6 Å². The summed E-state index contributed by atoms with van der Waals surface area (Å²) in [6.45, 7) is 2.13. The Morgan fingerprint density at radius 1 is 1.41 bits per heavy atom. The second kappa shape index (κ2) is 7.66. The predicted octanol–water partition coefficient (Wildman–Crippen LogP) is 4.47. The number of nitrogens with one attached hydrogen (secondary N) is 1. The van der Waals surface area contributed by atoms with Crippen LogP contribution in [-0.4, -0.2) is 23.9 Å². The van der Waals surface area contributed by atoms with Crippen LogP contribution in [0.1, 0.15) is 44.5 Å². The van der Waals surface area contributed by atoms with Crippen LogP contribution in [0, 0.1) is 16.0 Å². The smallest absolute Gasteiger partial charge is 0.341 e. The lowest BCUT2D eigenvalue weighted by Crippen LogP contribution is -2.17. The molecule has 1 aromatic heterocycles. The average molecular weight is 409 g/mol. The van der Waals surface area contributed by atoms with Gasteiger partial charge in [0.1, 0.15) is 10.6 Å². The van der Waals surface area contributed by atoms with E-state index in [0.717, 1.165) is 29.7 Å². The van der Waals surface area contributed by atoms with Crippen molar-refractivity contribution in [1.82, 2.24) is 0 Å². The highest BCUT2D eigenvalue weighted by Gasteiger charge is 2.30. The molecular formula is C18H17ClN2O5S. The maximum absolute atomic E-state index is 12.7. The number of benzene rings is 1. The van der Waals surface area contributed by atoms with Gasteiger partial charge < -0.3 is 10.1 Å². The Morgan fingerprint density at radius 3 is 2.81 bits per heavy atom. The number of anilines is 1. The molecule has 1 aliphatic rings. The van der Waals surface area contributed by atoms with E-state index < -0.39 is 16.8 Å². The van der Waals surface area contributed by atoms with Crippen molar-refractivity contribution in [3.05, 3.63) is 54.9 Å². The Balaban J connectivity index is 2.01. The maximum atomic E-state index is 12.7. The number of methoxy groups -OCH3 is 1. The van der Waals surface area contributed by atoms with Crippen molar-refractivity contribution in [2.45, 2.75) is 26.2 Å². The van der Waals surface area contributed by atoms with Crippen LogP contribution in [0.4, 0.5) is 10.7 Å². The van der Waals surface area contributed by atoms with Gasteiger partial charge in [0.25, 0.3) is 11.6 Å². The van der Waals surface area contributed by atoms with E-state index in [1.165, 1.54) is 36.6 Å². The number of carbonyl (C=O) groups excluding carboxylic acids is 2. The number of hydrogen-bond donors (Lipinski definition) is 1. The highest BCUT2D eigenvalue weighted by atomic mass is 35.5. The third-order valence-electron chi connectivity index (χ3n) is 4.53. The van der Waals surface area contributed by atoms with E-state index in [0.29, 0.717) is 16.5 Å². The van der Waals surface area contributed by atoms with Crippen LogP contribution >= 0.6 is 22.9 Å². The van der Waals surface area contributed by atoms with Gasteiger partial charge in [-0.1, -0.05) is 18.5 Å². The second-order valence-electron chi connectivity index (χ2n) is 6.42. The summed E-state index contributed by atoms with van der Waals surface area (Å²) in [5, 5.41) is 14.4. The molecule has 0 saturated carbocycles. The Morgan fingerprint density at radius 2 is 2.15 bits per heavy atom. The fourth-order valence-corrected chi connectivity index (χ4v) is 4.74. The zero-order chi connectivity index (χ0) is 19.7. The fraction of sp³-hybridized carbons (Fsp3) is 0.333. The standard InChI is InChI=1S/C18H17ClN2O5S/c1-9-3-5-11-14(7-9)27-17(15(11)18(23)26-2)20-16(22)12-8-10(19)4-6-13(12)21(24)25/h4,6,8-9H,3,5,7H2,1-2H3,(H,20,22). The molecule has 1 heterocycles. The summed E-state index contributed by atoms with van der Waals surface area (Å²) in [5.41, 5.74) is 0.706. The largest absolute Gasteiger partial charge is 0.465 e. The number of fused-ring (bicyclic) bond motifs is 1. The van der Waals surface area contributed by atoms with E-state index in [-0.39, 0.29) is 16.3 Å². The highest BCUT2D eigenvalue weighted by molar-refractivity contribution is 7.17. The summed E-state index contributed by atoms with van der Waals surface area (Å²) in [6, 6.07) is 3.77. The number of ether oxygens (including phenoxy) is 1. The van der Waals surface area contributed by atoms with Gasteiger partial charge in [-0.15, -0.1) is 11.3 Å². The molecule has 27 heavy (non-hydrogen) atoms. The summed E-state index contributed by atoms with van der Waals surface area (Å²) < 4.78 is 4.88. The van der Waals surface area contributed by atoms with E-state index in [1.54, 1.807) is 0 Å². The molecule has 3 rings (SSSR count). The molecule has 1 aromatic carbocycles. The summed E-state index contributed by atoms with van der Waals surface area (Å²) in [7, 11) is 1.28. The van der Waals surface area contributed by atoms with Gasteiger partial charge in [-0.25, -0.2) is 4.79 Å². The number of esters is 1. The van der Waals surface area contributed by atoms with E-state index in [9.17, 15) is 19.7 Å². The quantitative estimate of drug-likeness (QED) is 0.457. The lowest BCUT2D eigenvalue weighted by atomic mass is 9.88. The van der Waals surface area contributed by atoms with E-state index in [2.05, 4.69) is 12.2 Å². The van der Waals surface area contributed by atoms with Crippen molar-refractivity contribution in [3.8, 4) is 0 Å². The van der Waals surface area contributed by atoms with Gasteiger partial charge in [0.2, 0.25) is 0 Å². The predicted molar refractivity (Wildman–Crippen MR) is 103 cm³/mol. The summed E-state index contributed by atoms with van der Waals surface area (Å²) in [6.07, 6.45) is 2.49. The molecule has 1 aliphatic carbocycles. The van der Waals surface area contributed by atoms with Crippen molar-refractivity contribution < 1.29 is 19.2 Å². The van der Waals surface area contributed by atoms with Crippen LogP contribution in [0.2, 0.25) is 5.02 Å². The van der Waals surface area contributed by atoms with Crippen LogP contribution in [0.15, 0.2) is 18.2 Å². The number of thiophene rings is 1. The third kappa shape index (κ3) is 3.81. The first kappa shape index (κ1) is 19.3. The molecule has 1 N–H and O–H groups in total. The Kier molecular flexibility index (Phi) is 5.48. The Hall–Kier alpha value is -2.45. The van der Waals surface area contributed by atoms with Gasteiger partial charge >= 0.3 is 5.97 Å². The molecule has 0 spiro atoms. The molecule has 0 saturated heterocycles. The van der Waals surface area contributed by atoms with Crippen molar-refractivity contribution in [2.75, 3.05) is 12.4 Å². The van der Waals surface area contributed by atoms with Crippen LogP contribution in [-0.2, 0) is 17.6 Å². The van der Waals surface area contributed by atoms with Crippen molar-refractivity contribution in [2.24, 2.45) is 5.92 Å². The first-order chi connectivity index (χ1) is 12.8. The fourth-order valence-electron chi connectivity index (χ4n) is 3.18. The molecule has 1 atom stereocenters. The van der Waals surface area contributed by atoms with Gasteiger partial charge in [-0.3, -0.25) is 14.9 Å². The number of halogens is 1. The molecular weight excluding hydrogens is 392 g/mol. The highest BCUT2D eigenvalue weighted by Crippen LogP contribution is 2.40. The van der Waals surface area contributed by atoms with Gasteiger partial charge in [-0.05, 0) is 42.9 Å². The topological polar surface area (TPSA) is 98.5 Å². The summed E-state index contributed by atoms with van der Waals surface area (Å²) >= 11 is 7.21. The average Bonchev–Trinajstić information content (AvgIpc) is 2.97. The molecule has 9 heteroatoms. The number of nitro groups is 1. The minimum absolute atomic E-state index is 0.164. The molecule has 0 aliphatic heterocycles. The molecule has 142 valence electrons. The molecule has 0 bridgehead atoms. The number of nitrogens with zero attached hydrogens (tertiary/aromatic N) is 1. The minimum atomic E-state index is -0.694. The monoisotopic (exact) mass is 408 g/mol. The molecule has 2 aromatic rings. The lowest BCUT2D eigenvalue weighted by Gasteiger charge is -2.18. The van der Waals surface area contributed by atoms with E-state index >= 15 is 0 Å². The summed E-state index contributed by atoms with van der Waals surface area (Å²) in [5.74, 6) is -0.738. The first-order valence-electron chi connectivity index (χ1n) is 8.30. The summed E-state index contributed by atoms with van der Waals surface area (Å²) in [4.78, 5) is 36.6. The number of nitro benzene ring substituents is 1. The molecule has 0 radical (unpaired) electrons. The maximum Gasteiger partial charge on any atom is 0.341 e. The van der Waals surface area contributed by atoms with E-state index in [4.69, 9.17) is 16.3 Å². The molecule has 1 amide bonds. The number of amides is 1. The van der Waals surface area contributed by atoms with Gasteiger partial charge in [0, 0.05) is 16.0 Å². The lowest BCUT2D eigenvalue weighted by molar-refractivity contribution is -0.385. The van der Waals surface area contributed by atoms with Crippen LogP contribution < -0.4 is 5.32 Å². The van der Waals surface area contributed by atoms with Crippen LogP contribution in [0.25, 0.3) is 0 Å². The van der Waals surface area contributed by atoms with Gasteiger partial charge in [0.15, 0.2) is 0 Å². The van der Waals surface area contributed by atoms with Crippen molar-refractivity contribution in [1.29, 1.82) is 0 Å². The molecule has 0 fully saturated rings. The van der Waals surface area contributed by atoms with Gasteiger partial charge in [-0.2, -0.15) is 0 Å². The second-order valence-corrected chi connectivity index (χ2v) is 7.96. The number of rotatable bonds is 4. The van der Waals surface area contributed by atoms with Crippen LogP contribution in [0.5, 0.6) is 0 Å². The minimum Gasteiger partial charge on any atom is -0.465 e. The first-order valence-corrected chi connectivity index (χ1v) is 9.49. The number of hydrogen-bond acceptors (Lipinski definition) is 6.